The van der Waals surface area contributed by atoms with Crippen LogP contribution in [0.1, 0.15) is 21.5 Å². The van der Waals surface area contributed by atoms with E-state index in [2.05, 4.69) is 5.32 Å². The third kappa shape index (κ3) is 3.75. The molecule has 2 rings (SSSR count). The maximum Gasteiger partial charge on any atom is 0.337 e. The van der Waals surface area contributed by atoms with Crippen LogP contribution in [0, 0.1) is 6.92 Å². The lowest BCUT2D eigenvalue weighted by molar-refractivity contribution is 0.0698. The number of para-hydroxylation sites is 1. The first-order chi connectivity index (χ1) is 10.1. The van der Waals surface area contributed by atoms with Gasteiger partial charge in [-0.25, -0.2) is 4.79 Å². The van der Waals surface area contributed by atoms with Crippen LogP contribution in [0.25, 0.3) is 0 Å². The quantitative estimate of drug-likeness (QED) is 0.854. The summed E-state index contributed by atoms with van der Waals surface area (Å²) in [6.45, 7) is 2.52. The number of benzene rings is 2. The Balaban J connectivity index is 2.05. The zero-order chi connectivity index (χ0) is 15.2. The highest BCUT2D eigenvalue weighted by molar-refractivity contribution is 5.94. The summed E-state index contributed by atoms with van der Waals surface area (Å²) in [6, 6.07) is 13.2. The fourth-order valence-electron chi connectivity index (χ4n) is 2.23. The molecule has 0 saturated carbocycles. The molecule has 0 aliphatic carbocycles. The summed E-state index contributed by atoms with van der Waals surface area (Å²) in [5.41, 5.74) is 2.97. The van der Waals surface area contributed by atoms with Crippen molar-refractivity contribution in [3.8, 4) is 5.75 Å². The zero-order valence-corrected chi connectivity index (χ0v) is 12.2. The Labute approximate surface area is 124 Å². The molecule has 4 heteroatoms. The van der Waals surface area contributed by atoms with E-state index in [9.17, 15) is 9.90 Å². The van der Waals surface area contributed by atoms with Gasteiger partial charge in [0.2, 0.25) is 0 Å². The van der Waals surface area contributed by atoms with Crippen LogP contribution in [0.2, 0.25) is 0 Å². The van der Waals surface area contributed by atoms with Gasteiger partial charge >= 0.3 is 5.97 Å². The Morgan fingerprint density at radius 3 is 2.71 bits per heavy atom. The number of hydrogen-bond donors (Lipinski definition) is 2. The van der Waals surface area contributed by atoms with Gasteiger partial charge in [-0.1, -0.05) is 29.8 Å². The van der Waals surface area contributed by atoms with Gasteiger partial charge in [-0.2, -0.15) is 0 Å². The number of carboxylic acids is 1. The van der Waals surface area contributed by atoms with Gasteiger partial charge in [-0.05, 0) is 37.1 Å². The van der Waals surface area contributed by atoms with Gasteiger partial charge in [-0.3, -0.25) is 0 Å². The van der Waals surface area contributed by atoms with E-state index >= 15 is 0 Å². The molecule has 4 nitrogen and oxygen atoms in total. The van der Waals surface area contributed by atoms with Gasteiger partial charge in [0.15, 0.2) is 0 Å². The molecule has 0 saturated heterocycles. The Morgan fingerprint density at radius 2 is 2.00 bits per heavy atom. The molecular formula is C17H19NO3. The standard InChI is InChI=1S/C17H19NO3/c1-12-7-8-15(14(11-12)17(19)20)18-10-9-13-5-3-4-6-16(13)21-2/h3-8,11,18H,9-10H2,1-2H3,(H,19,20). The topological polar surface area (TPSA) is 58.6 Å². The molecule has 0 aromatic heterocycles. The van der Waals surface area contributed by atoms with E-state index in [1.807, 2.05) is 37.3 Å². The fraction of sp³-hybridized carbons (Fsp3) is 0.235. The molecule has 2 aromatic rings. The first-order valence-electron chi connectivity index (χ1n) is 6.81. The second-order valence-electron chi connectivity index (χ2n) is 4.84. The van der Waals surface area contributed by atoms with Crippen LogP contribution in [-0.2, 0) is 6.42 Å². The van der Waals surface area contributed by atoms with Crippen LogP contribution in [0.5, 0.6) is 5.75 Å². The monoisotopic (exact) mass is 285 g/mol. The van der Waals surface area contributed by atoms with Gasteiger partial charge in [-0.15, -0.1) is 0 Å². The summed E-state index contributed by atoms with van der Waals surface area (Å²) in [4.78, 5) is 11.2. The first kappa shape index (κ1) is 14.9. The molecule has 2 N–H and O–H groups in total. The largest absolute Gasteiger partial charge is 0.496 e. The van der Waals surface area contributed by atoms with Gasteiger partial charge in [0.05, 0.1) is 12.7 Å². The lowest BCUT2D eigenvalue weighted by Gasteiger charge is -2.12. The van der Waals surface area contributed by atoms with Crippen LogP contribution in [0.4, 0.5) is 5.69 Å². The van der Waals surface area contributed by atoms with E-state index in [1.165, 1.54) is 0 Å². The molecule has 2 aromatic carbocycles. The van der Waals surface area contributed by atoms with E-state index < -0.39 is 5.97 Å². The van der Waals surface area contributed by atoms with Gasteiger partial charge in [0.1, 0.15) is 5.75 Å². The van der Waals surface area contributed by atoms with Crippen LogP contribution in [-0.4, -0.2) is 24.7 Å². The molecule has 0 atom stereocenters. The van der Waals surface area contributed by atoms with E-state index in [0.29, 0.717) is 17.8 Å². The van der Waals surface area contributed by atoms with Crippen LogP contribution in [0.3, 0.4) is 0 Å². The highest BCUT2D eigenvalue weighted by Crippen LogP contribution is 2.20. The third-order valence-electron chi connectivity index (χ3n) is 3.31. The summed E-state index contributed by atoms with van der Waals surface area (Å²) >= 11 is 0. The van der Waals surface area contributed by atoms with Crippen LogP contribution < -0.4 is 10.1 Å². The van der Waals surface area contributed by atoms with Gasteiger partial charge in [0, 0.05) is 12.2 Å². The Hall–Kier alpha value is -2.49. The average molecular weight is 285 g/mol. The molecule has 0 radical (unpaired) electrons. The number of aromatic carboxylic acids is 1. The second-order valence-corrected chi connectivity index (χ2v) is 4.84. The minimum absolute atomic E-state index is 0.301. The summed E-state index contributed by atoms with van der Waals surface area (Å²) in [7, 11) is 1.65. The predicted molar refractivity (Wildman–Crippen MR) is 83.3 cm³/mol. The number of carbonyl (C=O) groups is 1. The Kier molecular flexibility index (Phi) is 4.82. The maximum absolute atomic E-state index is 11.2. The Morgan fingerprint density at radius 1 is 1.24 bits per heavy atom. The van der Waals surface area contributed by atoms with Crippen molar-refractivity contribution in [2.45, 2.75) is 13.3 Å². The molecule has 0 aliphatic heterocycles. The highest BCUT2D eigenvalue weighted by Gasteiger charge is 2.10. The number of rotatable bonds is 6. The molecule has 110 valence electrons. The summed E-state index contributed by atoms with van der Waals surface area (Å²) < 4.78 is 5.30. The highest BCUT2D eigenvalue weighted by atomic mass is 16.5. The molecule has 0 unspecified atom stereocenters. The smallest absolute Gasteiger partial charge is 0.337 e. The molecular weight excluding hydrogens is 266 g/mol. The van der Waals surface area contributed by atoms with Gasteiger partial charge < -0.3 is 15.2 Å². The third-order valence-corrected chi connectivity index (χ3v) is 3.31. The molecule has 0 spiro atoms. The van der Waals surface area contributed by atoms with E-state index in [1.54, 1.807) is 19.2 Å². The van der Waals surface area contributed by atoms with Crippen molar-refractivity contribution >= 4 is 11.7 Å². The lowest BCUT2D eigenvalue weighted by Crippen LogP contribution is -2.10. The van der Waals surface area contributed by atoms with E-state index in [0.717, 1.165) is 23.3 Å². The molecule has 21 heavy (non-hydrogen) atoms. The van der Waals surface area contributed by atoms with Crippen molar-refractivity contribution in [3.63, 3.8) is 0 Å². The normalized spacial score (nSPS) is 10.2. The SMILES string of the molecule is COc1ccccc1CCNc1ccc(C)cc1C(=O)O. The van der Waals surface area contributed by atoms with Crippen LogP contribution >= 0.6 is 0 Å². The molecule has 0 fully saturated rings. The average Bonchev–Trinajstić information content (AvgIpc) is 2.49. The van der Waals surface area contributed by atoms with Crippen LogP contribution in [0.15, 0.2) is 42.5 Å². The molecule has 0 amide bonds. The predicted octanol–water partition coefficient (Wildman–Crippen LogP) is 3.36. The summed E-state index contributed by atoms with van der Waals surface area (Å²) in [5.74, 6) is -0.0693. The number of anilines is 1. The summed E-state index contributed by atoms with van der Waals surface area (Å²) in [6.07, 6.45) is 0.761. The fourth-order valence-corrected chi connectivity index (χ4v) is 2.23. The number of aryl methyl sites for hydroxylation is 1. The number of ether oxygens (including phenoxy) is 1. The number of hydrogen-bond acceptors (Lipinski definition) is 3. The van der Waals surface area contributed by atoms with Crippen molar-refractivity contribution in [2.24, 2.45) is 0 Å². The van der Waals surface area contributed by atoms with E-state index in [-0.39, 0.29) is 0 Å². The second kappa shape index (κ2) is 6.79. The minimum atomic E-state index is -0.918. The first-order valence-corrected chi connectivity index (χ1v) is 6.81. The molecule has 0 aliphatic rings. The molecule has 0 heterocycles. The maximum atomic E-state index is 11.2. The lowest BCUT2D eigenvalue weighted by atomic mass is 10.1. The number of methoxy groups -OCH3 is 1. The van der Waals surface area contributed by atoms with Crippen molar-refractivity contribution in [3.05, 3.63) is 59.2 Å². The Bertz CT molecular complexity index is 638. The van der Waals surface area contributed by atoms with Crippen molar-refractivity contribution in [1.29, 1.82) is 0 Å². The van der Waals surface area contributed by atoms with Crippen molar-refractivity contribution in [2.75, 3.05) is 19.0 Å². The van der Waals surface area contributed by atoms with E-state index in [4.69, 9.17) is 4.74 Å². The minimum Gasteiger partial charge on any atom is -0.496 e. The van der Waals surface area contributed by atoms with Gasteiger partial charge in [0.25, 0.3) is 0 Å². The van der Waals surface area contributed by atoms with Crippen molar-refractivity contribution < 1.29 is 14.6 Å². The zero-order valence-electron chi connectivity index (χ0n) is 12.2. The van der Waals surface area contributed by atoms with Crippen molar-refractivity contribution in [1.82, 2.24) is 0 Å². The number of carboxylic acid groups (broad SMARTS) is 1. The number of nitrogens with one attached hydrogen (secondary N) is 1. The molecule has 0 bridgehead atoms. The summed E-state index contributed by atoms with van der Waals surface area (Å²) in [5, 5.41) is 12.4.